The second-order valence-corrected chi connectivity index (χ2v) is 5.95. The third kappa shape index (κ3) is 3.67. The SMILES string of the molecule is CC(CNC1(CC(=O)O)CNC1)CN1CCCC1. The largest absolute Gasteiger partial charge is 0.481 e. The van der Waals surface area contributed by atoms with E-state index >= 15 is 0 Å². The fraction of sp³-hybridized carbons (Fsp3) is 0.923. The normalized spacial score (nSPS) is 24.7. The number of hydrogen-bond acceptors (Lipinski definition) is 4. The molecule has 2 fully saturated rings. The molecule has 3 N–H and O–H groups in total. The predicted octanol–water partition coefficient (Wildman–Crippen LogP) is 0.125. The fourth-order valence-electron chi connectivity index (χ4n) is 2.89. The second kappa shape index (κ2) is 5.99. The number of carboxylic acid groups (broad SMARTS) is 1. The van der Waals surface area contributed by atoms with Crippen molar-refractivity contribution in [3.8, 4) is 0 Å². The van der Waals surface area contributed by atoms with Crippen LogP contribution < -0.4 is 10.6 Å². The van der Waals surface area contributed by atoms with Gasteiger partial charge in [-0.05, 0) is 38.4 Å². The van der Waals surface area contributed by atoms with Crippen molar-refractivity contribution in [3.05, 3.63) is 0 Å². The lowest BCUT2D eigenvalue weighted by molar-refractivity contribution is -0.139. The number of nitrogens with one attached hydrogen (secondary N) is 2. The lowest BCUT2D eigenvalue weighted by atomic mass is 9.88. The number of carboxylic acids is 1. The van der Waals surface area contributed by atoms with Crippen molar-refractivity contribution >= 4 is 5.97 Å². The Bertz CT molecular complexity index is 286. The summed E-state index contributed by atoms with van der Waals surface area (Å²) in [5, 5.41) is 15.6. The monoisotopic (exact) mass is 255 g/mol. The molecule has 2 rings (SSSR count). The van der Waals surface area contributed by atoms with Gasteiger partial charge in [0.25, 0.3) is 0 Å². The molecule has 0 bridgehead atoms. The molecule has 5 heteroatoms. The first kappa shape index (κ1) is 13.8. The molecule has 0 radical (unpaired) electrons. The third-order valence-electron chi connectivity index (χ3n) is 4.01. The van der Waals surface area contributed by atoms with E-state index in [0.29, 0.717) is 5.92 Å². The molecule has 18 heavy (non-hydrogen) atoms. The minimum atomic E-state index is -0.712. The maximum Gasteiger partial charge on any atom is 0.305 e. The number of rotatable bonds is 7. The second-order valence-electron chi connectivity index (χ2n) is 5.95. The summed E-state index contributed by atoms with van der Waals surface area (Å²) in [4.78, 5) is 13.4. The fourth-order valence-corrected chi connectivity index (χ4v) is 2.89. The van der Waals surface area contributed by atoms with Gasteiger partial charge in [-0.25, -0.2) is 0 Å². The molecule has 2 aliphatic heterocycles. The van der Waals surface area contributed by atoms with E-state index in [-0.39, 0.29) is 12.0 Å². The third-order valence-corrected chi connectivity index (χ3v) is 4.01. The molecule has 2 aliphatic rings. The number of nitrogens with zero attached hydrogens (tertiary/aromatic N) is 1. The first-order valence-corrected chi connectivity index (χ1v) is 7.00. The highest BCUT2D eigenvalue weighted by atomic mass is 16.4. The Balaban J connectivity index is 1.70. The van der Waals surface area contributed by atoms with Crippen LogP contribution in [0.4, 0.5) is 0 Å². The average molecular weight is 255 g/mol. The molecule has 0 aromatic rings. The highest BCUT2D eigenvalue weighted by Gasteiger charge is 2.38. The summed E-state index contributed by atoms with van der Waals surface area (Å²) < 4.78 is 0. The molecule has 0 aromatic heterocycles. The quantitative estimate of drug-likeness (QED) is 0.603. The Morgan fingerprint density at radius 1 is 1.44 bits per heavy atom. The van der Waals surface area contributed by atoms with Gasteiger partial charge in [0.2, 0.25) is 0 Å². The highest BCUT2D eigenvalue weighted by molar-refractivity contribution is 5.68. The zero-order valence-corrected chi connectivity index (χ0v) is 11.2. The van der Waals surface area contributed by atoms with Crippen LogP contribution in [0.15, 0.2) is 0 Å². The average Bonchev–Trinajstić information content (AvgIpc) is 2.74. The van der Waals surface area contributed by atoms with Crippen molar-refractivity contribution in [1.29, 1.82) is 0 Å². The Hall–Kier alpha value is -0.650. The van der Waals surface area contributed by atoms with Gasteiger partial charge in [0.1, 0.15) is 0 Å². The summed E-state index contributed by atoms with van der Waals surface area (Å²) in [6.07, 6.45) is 2.87. The molecule has 104 valence electrons. The standard InChI is InChI=1S/C13H25N3O2/c1-11(8-16-4-2-3-5-16)7-15-13(6-12(17)18)9-14-10-13/h11,14-15H,2-10H2,1H3,(H,17,18). The van der Waals surface area contributed by atoms with Crippen LogP contribution in [0.3, 0.4) is 0 Å². The van der Waals surface area contributed by atoms with Crippen LogP contribution in [-0.4, -0.2) is 60.8 Å². The van der Waals surface area contributed by atoms with Crippen LogP contribution in [0.25, 0.3) is 0 Å². The molecule has 0 saturated carbocycles. The summed E-state index contributed by atoms with van der Waals surface area (Å²) >= 11 is 0. The van der Waals surface area contributed by atoms with Crippen LogP contribution in [0, 0.1) is 5.92 Å². The van der Waals surface area contributed by atoms with Gasteiger partial charge >= 0.3 is 5.97 Å². The van der Waals surface area contributed by atoms with Crippen LogP contribution in [0.1, 0.15) is 26.2 Å². The van der Waals surface area contributed by atoms with Gasteiger partial charge < -0.3 is 20.6 Å². The van der Waals surface area contributed by atoms with Gasteiger partial charge in [0, 0.05) is 19.6 Å². The summed E-state index contributed by atoms with van der Waals surface area (Å²) in [7, 11) is 0. The van der Waals surface area contributed by atoms with Crippen molar-refractivity contribution in [1.82, 2.24) is 15.5 Å². The van der Waals surface area contributed by atoms with Crippen LogP contribution >= 0.6 is 0 Å². The molecule has 0 amide bonds. The summed E-state index contributed by atoms with van der Waals surface area (Å²) in [5.41, 5.74) is -0.203. The van der Waals surface area contributed by atoms with Crippen LogP contribution in [0.5, 0.6) is 0 Å². The Labute approximate surface area is 109 Å². The Morgan fingerprint density at radius 2 is 2.11 bits per heavy atom. The number of carbonyl (C=O) groups is 1. The Kier molecular flexibility index (Phi) is 4.59. The van der Waals surface area contributed by atoms with Gasteiger partial charge in [-0.2, -0.15) is 0 Å². The van der Waals surface area contributed by atoms with E-state index in [1.807, 2.05) is 0 Å². The zero-order chi connectivity index (χ0) is 13.0. The van der Waals surface area contributed by atoms with Crippen molar-refractivity contribution in [2.24, 2.45) is 5.92 Å². The first-order chi connectivity index (χ1) is 8.60. The topological polar surface area (TPSA) is 64.6 Å². The summed E-state index contributed by atoms with van der Waals surface area (Å²) in [6.45, 7) is 8.28. The first-order valence-electron chi connectivity index (χ1n) is 7.00. The highest BCUT2D eigenvalue weighted by Crippen LogP contribution is 2.17. The Morgan fingerprint density at radius 3 is 2.61 bits per heavy atom. The van der Waals surface area contributed by atoms with Gasteiger partial charge in [-0.3, -0.25) is 4.79 Å². The van der Waals surface area contributed by atoms with E-state index in [4.69, 9.17) is 5.11 Å². The minimum absolute atomic E-state index is 0.203. The molecule has 5 nitrogen and oxygen atoms in total. The van der Waals surface area contributed by atoms with E-state index in [1.165, 1.54) is 25.9 Å². The predicted molar refractivity (Wildman–Crippen MR) is 70.7 cm³/mol. The number of aliphatic carboxylic acids is 1. The van der Waals surface area contributed by atoms with Gasteiger partial charge in [0.05, 0.1) is 12.0 Å². The molecule has 0 spiro atoms. The van der Waals surface area contributed by atoms with Gasteiger partial charge in [-0.15, -0.1) is 0 Å². The van der Waals surface area contributed by atoms with E-state index in [1.54, 1.807) is 0 Å². The molecule has 0 aromatic carbocycles. The van der Waals surface area contributed by atoms with E-state index in [9.17, 15) is 4.79 Å². The molecule has 2 heterocycles. The van der Waals surface area contributed by atoms with Crippen molar-refractivity contribution < 1.29 is 9.90 Å². The smallest absolute Gasteiger partial charge is 0.305 e. The lowest BCUT2D eigenvalue weighted by Crippen LogP contribution is -2.69. The maximum absolute atomic E-state index is 10.9. The van der Waals surface area contributed by atoms with Gasteiger partial charge in [-0.1, -0.05) is 6.92 Å². The van der Waals surface area contributed by atoms with Crippen LogP contribution in [0.2, 0.25) is 0 Å². The number of likely N-dealkylation sites (tertiary alicyclic amines) is 1. The maximum atomic E-state index is 10.9. The summed E-state index contributed by atoms with van der Waals surface area (Å²) in [6, 6.07) is 0. The van der Waals surface area contributed by atoms with E-state index < -0.39 is 5.97 Å². The molecule has 2 saturated heterocycles. The molecule has 1 atom stereocenters. The van der Waals surface area contributed by atoms with Crippen molar-refractivity contribution in [2.75, 3.05) is 39.3 Å². The van der Waals surface area contributed by atoms with Crippen LogP contribution in [-0.2, 0) is 4.79 Å². The zero-order valence-electron chi connectivity index (χ0n) is 11.2. The van der Waals surface area contributed by atoms with Gasteiger partial charge in [0.15, 0.2) is 0 Å². The summed E-state index contributed by atoms with van der Waals surface area (Å²) in [5.74, 6) is -0.134. The van der Waals surface area contributed by atoms with Crippen molar-refractivity contribution in [3.63, 3.8) is 0 Å². The van der Waals surface area contributed by atoms with Crippen molar-refractivity contribution in [2.45, 2.75) is 31.7 Å². The number of hydrogen-bond donors (Lipinski definition) is 3. The molecular formula is C13H25N3O2. The van der Waals surface area contributed by atoms with E-state index in [2.05, 4.69) is 22.5 Å². The lowest BCUT2D eigenvalue weighted by Gasteiger charge is -2.43. The molecule has 1 unspecified atom stereocenters. The molecule has 0 aliphatic carbocycles. The minimum Gasteiger partial charge on any atom is -0.481 e. The molecular weight excluding hydrogens is 230 g/mol. The van der Waals surface area contributed by atoms with E-state index in [0.717, 1.165) is 26.2 Å².